The van der Waals surface area contributed by atoms with E-state index in [-0.39, 0.29) is 5.91 Å². The second-order valence-corrected chi connectivity index (χ2v) is 5.24. The Morgan fingerprint density at radius 1 is 1.14 bits per heavy atom. The van der Waals surface area contributed by atoms with Gasteiger partial charge in [0.05, 0.1) is 10.0 Å². The van der Waals surface area contributed by atoms with E-state index in [2.05, 4.69) is 5.32 Å². The van der Waals surface area contributed by atoms with Gasteiger partial charge in [-0.1, -0.05) is 35.3 Å². The molecule has 0 heterocycles. The Bertz CT molecular complexity index is 644. The lowest BCUT2D eigenvalue weighted by molar-refractivity contribution is 0.0955. The zero-order chi connectivity index (χ0) is 15.2. The van der Waals surface area contributed by atoms with Gasteiger partial charge in [-0.05, 0) is 42.8 Å². The summed E-state index contributed by atoms with van der Waals surface area (Å²) in [4.78, 5) is 11.8. The molecule has 0 spiro atoms. The van der Waals surface area contributed by atoms with Crippen LogP contribution in [0.5, 0.6) is 5.75 Å². The minimum Gasteiger partial charge on any atom is -0.489 e. The minimum atomic E-state index is -0.113. The quantitative estimate of drug-likeness (QED) is 0.889. The van der Waals surface area contributed by atoms with E-state index in [1.54, 1.807) is 36.4 Å². The molecule has 21 heavy (non-hydrogen) atoms. The summed E-state index contributed by atoms with van der Waals surface area (Å²) in [5.41, 5.74) is 1.48. The van der Waals surface area contributed by atoms with E-state index < -0.39 is 0 Å². The fraction of sp³-hybridized carbons (Fsp3) is 0.188. The molecule has 0 fully saturated rings. The summed E-state index contributed by atoms with van der Waals surface area (Å²) in [6.07, 6.45) is 0. The van der Waals surface area contributed by atoms with Gasteiger partial charge in [0.2, 0.25) is 0 Å². The van der Waals surface area contributed by atoms with Gasteiger partial charge in [0.15, 0.2) is 0 Å². The van der Waals surface area contributed by atoms with E-state index in [4.69, 9.17) is 27.9 Å². The molecule has 0 aliphatic carbocycles. The summed E-state index contributed by atoms with van der Waals surface area (Å²) in [5.74, 6) is 0.516. The maximum absolute atomic E-state index is 11.8. The van der Waals surface area contributed by atoms with Crippen molar-refractivity contribution >= 4 is 29.1 Å². The van der Waals surface area contributed by atoms with Crippen molar-refractivity contribution in [2.24, 2.45) is 0 Å². The molecule has 0 aliphatic rings. The number of nitrogens with one attached hydrogen (secondary N) is 1. The highest BCUT2D eigenvalue weighted by molar-refractivity contribution is 6.42. The molecule has 0 aromatic heterocycles. The van der Waals surface area contributed by atoms with Gasteiger partial charge in [-0.25, -0.2) is 0 Å². The summed E-state index contributed by atoms with van der Waals surface area (Å²) in [7, 11) is 0. The summed E-state index contributed by atoms with van der Waals surface area (Å²) >= 11 is 11.8. The fourth-order valence-corrected chi connectivity index (χ4v) is 2.11. The third-order valence-corrected chi connectivity index (χ3v) is 3.56. The van der Waals surface area contributed by atoms with Crippen molar-refractivity contribution in [1.29, 1.82) is 0 Å². The van der Waals surface area contributed by atoms with Gasteiger partial charge in [-0.3, -0.25) is 4.79 Å². The molecule has 1 N–H and O–H groups in total. The lowest BCUT2D eigenvalue weighted by Crippen LogP contribution is -2.22. The third kappa shape index (κ3) is 4.38. The smallest absolute Gasteiger partial charge is 0.251 e. The van der Waals surface area contributed by atoms with Crippen molar-refractivity contribution in [3.8, 4) is 5.75 Å². The van der Waals surface area contributed by atoms with Crippen molar-refractivity contribution in [2.75, 3.05) is 6.54 Å². The molecule has 110 valence electrons. The predicted octanol–water partition coefficient (Wildman–Crippen LogP) is 4.32. The van der Waals surface area contributed by atoms with Gasteiger partial charge in [-0.15, -0.1) is 0 Å². The van der Waals surface area contributed by atoms with E-state index in [1.165, 1.54) is 0 Å². The summed E-state index contributed by atoms with van der Waals surface area (Å²) in [6, 6.07) is 12.4. The molecular formula is C16H15Cl2NO2. The zero-order valence-electron chi connectivity index (χ0n) is 11.5. The van der Waals surface area contributed by atoms with E-state index >= 15 is 0 Å². The van der Waals surface area contributed by atoms with Crippen molar-refractivity contribution in [2.45, 2.75) is 13.5 Å². The Labute approximate surface area is 133 Å². The highest BCUT2D eigenvalue weighted by atomic mass is 35.5. The van der Waals surface area contributed by atoms with Crippen LogP contribution in [0.2, 0.25) is 10.0 Å². The largest absolute Gasteiger partial charge is 0.489 e. The van der Waals surface area contributed by atoms with Crippen LogP contribution in [-0.2, 0) is 6.61 Å². The van der Waals surface area contributed by atoms with Crippen LogP contribution in [0.4, 0.5) is 0 Å². The molecule has 0 aliphatic heterocycles. The summed E-state index contributed by atoms with van der Waals surface area (Å²) < 4.78 is 5.67. The lowest BCUT2D eigenvalue weighted by atomic mass is 10.2. The standard InChI is InChI=1S/C16H15Cl2NO2/c1-2-19-16(20)12-4-3-5-13(9-12)21-10-11-6-7-14(17)15(18)8-11/h3-9H,2,10H2,1H3,(H,19,20). The molecule has 3 nitrogen and oxygen atoms in total. The van der Waals surface area contributed by atoms with Gasteiger partial charge < -0.3 is 10.1 Å². The summed E-state index contributed by atoms with van der Waals surface area (Å²) in [5, 5.41) is 3.76. The van der Waals surface area contributed by atoms with Crippen LogP contribution in [0.15, 0.2) is 42.5 Å². The maximum atomic E-state index is 11.8. The van der Waals surface area contributed by atoms with Gasteiger partial charge >= 0.3 is 0 Å². The van der Waals surface area contributed by atoms with Gasteiger partial charge in [-0.2, -0.15) is 0 Å². The number of halogens is 2. The minimum absolute atomic E-state index is 0.113. The topological polar surface area (TPSA) is 38.3 Å². The maximum Gasteiger partial charge on any atom is 0.251 e. The molecule has 5 heteroatoms. The SMILES string of the molecule is CCNC(=O)c1cccc(OCc2ccc(Cl)c(Cl)c2)c1. The van der Waals surface area contributed by atoms with Crippen molar-refractivity contribution < 1.29 is 9.53 Å². The Morgan fingerprint density at radius 3 is 2.67 bits per heavy atom. The number of ether oxygens (including phenoxy) is 1. The van der Waals surface area contributed by atoms with Crippen LogP contribution in [0.3, 0.4) is 0 Å². The molecule has 0 saturated heterocycles. The molecule has 0 bridgehead atoms. The van der Waals surface area contributed by atoms with Crippen LogP contribution in [0, 0.1) is 0 Å². The van der Waals surface area contributed by atoms with Gasteiger partial charge in [0.1, 0.15) is 12.4 Å². The first kappa shape index (κ1) is 15.7. The Balaban J connectivity index is 2.04. The molecule has 2 aromatic carbocycles. The second-order valence-electron chi connectivity index (χ2n) is 4.42. The average Bonchev–Trinajstić information content (AvgIpc) is 2.49. The zero-order valence-corrected chi connectivity index (χ0v) is 13.0. The third-order valence-electron chi connectivity index (χ3n) is 2.82. The van der Waals surface area contributed by atoms with Gasteiger partial charge in [0.25, 0.3) is 5.91 Å². The van der Waals surface area contributed by atoms with Crippen LogP contribution in [0.1, 0.15) is 22.8 Å². The number of carbonyl (C=O) groups excluding carboxylic acids is 1. The lowest BCUT2D eigenvalue weighted by Gasteiger charge is -2.09. The van der Waals surface area contributed by atoms with Crippen LogP contribution >= 0.6 is 23.2 Å². The van der Waals surface area contributed by atoms with Crippen LogP contribution < -0.4 is 10.1 Å². The van der Waals surface area contributed by atoms with Crippen molar-refractivity contribution in [1.82, 2.24) is 5.32 Å². The van der Waals surface area contributed by atoms with E-state index in [0.717, 1.165) is 5.56 Å². The highest BCUT2D eigenvalue weighted by Crippen LogP contribution is 2.23. The predicted molar refractivity (Wildman–Crippen MR) is 85.2 cm³/mol. The van der Waals surface area contributed by atoms with E-state index in [9.17, 15) is 4.79 Å². The molecule has 0 unspecified atom stereocenters. The normalized spacial score (nSPS) is 10.2. The monoisotopic (exact) mass is 323 g/mol. The molecule has 2 rings (SSSR count). The van der Waals surface area contributed by atoms with Gasteiger partial charge in [0, 0.05) is 12.1 Å². The molecular weight excluding hydrogens is 309 g/mol. The number of carbonyl (C=O) groups is 1. The number of benzene rings is 2. The second kappa shape index (κ2) is 7.34. The molecule has 1 amide bonds. The van der Waals surface area contributed by atoms with E-state index in [0.29, 0.717) is 34.5 Å². The summed E-state index contributed by atoms with van der Waals surface area (Å²) in [6.45, 7) is 2.82. The Morgan fingerprint density at radius 2 is 1.95 bits per heavy atom. The van der Waals surface area contributed by atoms with Crippen LogP contribution in [0.25, 0.3) is 0 Å². The fourth-order valence-electron chi connectivity index (χ4n) is 1.79. The molecule has 0 atom stereocenters. The number of hydrogen-bond donors (Lipinski definition) is 1. The Hall–Kier alpha value is -1.71. The molecule has 0 radical (unpaired) electrons. The average molecular weight is 324 g/mol. The first-order valence-corrected chi connectivity index (χ1v) is 7.30. The number of amides is 1. The first-order chi connectivity index (χ1) is 10.1. The van der Waals surface area contributed by atoms with E-state index in [1.807, 2.05) is 13.0 Å². The number of hydrogen-bond acceptors (Lipinski definition) is 2. The first-order valence-electron chi connectivity index (χ1n) is 6.55. The van der Waals surface area contributed by atoms with Crippen LogP contribution in [-0.4, -0.2) is 12.5 Å². The molecule has 0 saturated carbocycles. The molecule has 2 aromatic rings. The highest BCUT2D eigenvalue weighted by Gasteiger charge is 2.06. The van der Waals surface area contributed by atoms with Crippen molar-refractivity contribution in [3.63, 3.8) is 0 Å². The van der Waals surface area contributed by atoms with Crippen molar-refractivity contribution in [3.05, 3.63) is 63.6 Å². The Kier molecular flexibility index (Phi) is 5.48. The number of rotatable bonds is 5.